The molecular weight excluding hydrogens is 341 g/mol. The number of nitro benzene ring substituents is 1. The molecule has 0 fully saturated rings. The number of carbonyl (C=O) groups excluding carboxylic acids is 1. The molecule has 1 atom stereocenters. The number of carbonyl (C=O) groups is 1. The highest BCUT2D eigenvalue weighted by atomic mass is 19.1. The number of nitrogens with one attached hydrogen (secondary N) is 2. The zero-order chi connectivity index (χ0) is 19.1. The number of amides is 1. The molecule has 0 aromatic heterocycles. The summed E-state index contributed by atoms with van der Waals surface area (Å²) < 4.78 is 18.4. The van der Waals surface area contributed by atoms with Crippen molar-refractivity contribution in [3.63, 3.8) is 0 Å². The summed E-state index contributed by atoms with van der Waals surface area (Å²) in [6, 6.07) is 12.7. The maximum Gasteiger partial charge on any atom is 0.311 e. The largest absolute Gasteiger partial charge is 0.477 e. The summed E-state index contributed by atoms with van der Waals surface area (Å²) in [5, 5.41) is 13.7. The Kier molecular flexibility index (Phi) is 6.62. The lowest BCUT2D eigenvalue weighted by Crippen LogP contribution is -3.07. The van der Waals surface area contributed by atoms with E-state index >= 15 is 0 Å². The Morgan fingerprint density at radius 1 is 1.27 bits per heavy atom. The van der Waals surface area contributed by atoms with Gasteiger partial charge in [0.2, 0.25) is 5.75 Å². The van der Waals surface area contributed by atoms with E-state index in [0.29, 0.717) is 6.54 Å². The maximum atomic E-state index is 13.3. The summed E-state index contributed by atoms with van der Waals surface area (Å²) in [5.74, 6) is -1.39. The zero-order valence-electron chi connectivity index (χ0n) is 14.6. The van der Waals surface area contributed by atoms with Crippen LogP contribution >= 0.6 is 0 Å². The van der Waals surface area contributed by atoms with Crippen molar-refractivity contribution < 1.29 is 23.7 Å². The van der Waals surface area contributed by atoms with E-state index in [0.717, 1.165) is 28.7 Å². The number of halogens is 1. The summed E-state index contributed by atoms with van der Waals surface area (Å²) in [5.41, 5.74) is 0.689. The van der Waals surface area contributed by atoms with Gasteiger partial charge in [0, 0.05) is 17.7 Å². The molecule has 0 heterocycles. The first kappa shape index (κ1) is 19.3. The minimum atomic E-state index is -0.687. The van der Waals surface area contributed by atoms with Crippen molar-refractivity contribution in [1.29, 1.82) is 0 Å². The Labute approximate surface area is 150 Å². The van der Waals surface area contributed by atoms with E-state index in [1.807, 2.05) is 44.4 Å². The van der Waals surface area contributed by atoms with Crippen LogP contribution in [0, 0.1) is 15.9 Å². The maximum absolute atomic E-state index is 13.3. The first-order valence-electron chi connectivity index (χ1n) is 8.07. The van der Waals surface area contributed by atoms with Gasteiger partial charge in [-0.1, -0.05) is 30.3 Å². The third-order valence-electron chi connectivity index (χ3n) is 3.88. The van der Waals surface area contributed by atoms with Gasteiger partial charge < -0.3 is 15.0 Å². The number of benzene rings is 2. The van der Waals surface area contributed by atoms with E-state index in [2.05, 4.69) is 5.32 Å². The van der Waals surface area contributed by atoms with Gasteiger partial charge in [-0.05, 0) is 6.07 Å². The summed E-state index contributed by atoms with van der Waals surface area (Å²) in [6.07, 6.45) is 0. The van der Waals surface area contributed by atoms with Gasteiger partial charge in [-0.2, -0.15) is 0 Å². The minimum Gasteiger partial charge on any atom is -0.477 e. The highest BCUT2D eigenvalue weighted by molar-refractivity contribution is 5.77. The van der Waals surface area contributed by atoms with E-state index in [1.54, 1.807) is 0 Å². The quantitative estimate of drug-likeness (QED) is 0.544. The van der Waals surface area contributed by atoms with Crippen molar-refractivity contribution >= 4 is 11.6 Å². The molecule has 0 aliphatic carbocycles. The van der Waals surface area contributed by atoms with E-state index in [9.17, 15) is 19.3 Å². The van der Waals surface area contributed by atoms with Crippen molar-refractivity contribution in [2.45, 2.75) is 6.04 Å². The van der Waals surface area contributed by atoms with Gasteiger partial charge in [-0.15, -0.1) is 0 Å². The Hall–Kier alpha value is -3.00. The van der Waals surface area contributed by atoms with Crippen LogP contribution in [0.4, 0.5) is 10.1 Å². The van der Waals surface area contributed by atoms with Crippen molar-refractivity contribution in [3.8, 4) is 5.75 Å². The van der Waals surface area contributed by atoms with Crippen molar-refractivity contribution in [3.05, 3.63) is 70.0 Å². The predicted octanol–water partition coefficient (Wildman–Crippen LogP) is 1.11. The summed E-state index contributed by atoms with van der Waals surface area (Å²) >= 11 is 0. The lowest BCUT2D eigenvalue weighted by Gasteiger charge is -2.22. The second-order valence-electron chi connectivity index (χ2n) is 6.00. The lowest BCUT2D eigenvalue weighted by molar-refractivity contribution is -0.890. The fourth-order valence-electron chi connectivity index (χ4n) is 2.51. The SMILES string of the molecule is C[NH+](C)[C@H](CNC(=O)COc1cc(F)ccc1[N+](=O)[O-])c1ccccc1. The van der Waals surface area contributed by atoms with Gasteiger partial charge >= 0.3 is 5.69 Å². The fraction of sp³-hybridized carbons (Fsp3) is 0.278. The number of hydrogen-bond acceptors (Lipinski definition) is 4. The lowest BCUT2D eigenvalue weighted by atomic mass is 10.1. The van der Waals surface area contributed by atoms with E-state index < -0.39 is 23.3 Å². The number of quaternary nitrogens is 1. The van der Waals surface area contributed by atoms with Crippen molar-refractivity contribution in [2.75, 3.05) is 27.2 Å². The van der Waals surface area contributed by atoms with Crippen LogP contribution in [0.15, 0.2) is 48.5 Å². The molecule has 0 radical (unpaired) electrons. The number of hydrogen-bond donors (Lipinski definition) is 2. The summed E-state index contributed by atoms with van der Waals surface area (Å²) in [7, 11) is 3.97. The molecule has 0 saturated heterocycles. The number of ether oxygens (including phenoxy) is 1. The Morgan fingerprint density at radius 3 is 2.58 bits per heavy atom. The molecule has 0 aliphatic heterocycles. The number of likely N-dealkylation sites (N-methyl/N-ethyl adjacent to an activating group) is 1. The molecule has 1 amide bonds. The Balaban J connectivity index is 1.95. The highest BCUT2D eigenvalue weighted by Crippen LogP contribution is 2.27. The normalized spacial score (nSPS) is 11.8. The van der Waals surface area contributed by atoms with Gasteiger partial charge in [0.15, 0.2) is 6.61 Å². The number of nitrogens with zero attached hydrogens (tertiary/aromatic N) is 1. The Bertz CT molecular complexity index is 768. The van der Waals surface area contributed by atoms with Gasteiger partial charge in [-0.3, -0.25) is 14.9 Å². The summed E-state index contributed by atoms with van der Waals surface area (Å²) in [6.45, 7) is -0.0612. The average molecular weight is 362 g/mol. The van der Waals surface area contributed by atoms with E-state index in [4.69, 9.17) is 4.74 Å². The molecule has 0 saturated carbocycles. The van der Waals surface area contributed by atoms with Gasteiger partial charge in [0.25, 0.3) is 5.91 Å². The highest BCUT2D eigenvalue weighted by Gasteiger charge is 2.20. The molecule has 8 heteroatoms. The third kappa shape index (κ3) is 5.25. The average Bonchev–Trinajstić information content (AvgIpc) is 2.60. The molecule has 2 N–H and O–H groups in total. The van der Waals surface area contributed by atoms with Crippen LogP contribution in [-0.4, -0.2) is 38.1 Å². The number of rotatable bonds is 8. The Morgan fingerprint density at radius 2 is 1.96 bits per heavy atom. The first-order valence-corrected chi connectivity index (χ1v) is 8.07. The fourth-order valence-corrected chi connectivity index (χ4v) is 2.51. The van der Waals surface area contributed by atoms with Crippen LogP contribution in [0.1, 0.15) is 11.6 Å². The molecule has 26 heavy (non-hydrogen) atoms. The van der Waals surface area contributed by atoms with E-state index in [-0.39, 0.29) is 17.5 Å². The number of nitro groups is 1. The zero-order valence-corrected chi connectivity index (χ0v) is 14.6. The molecular formula is C18H21FN3O4+. The first-order chi connectivity index (χ1) is 12.4. The van der Waals surface area contributed by atoms with Crippen LogP contribution in [0.25, 0.3) is 0 Å². The standard InChI is InChI=1S/C18H20FN3O4/c1-21(2)16(13-6-4-3-5-7-13)11-20-18(23)12-26-17-10-14(19)8-9-15(17)22(24)25/h3-10,16H,11-12H2,1-2H3,(H,20,23)/p+1/t16-/m1/s1. The molecule has 7 nitrogen and oxygen atoms in total. The molecule has 2 aromatic carbocycles. The predicted molar refractivity (Wildman–Crippen MR) is 93.6 cm³/mol. The minimum absolute atomic E-state index is 0.0451. The smallest absolute Gasteiger partial charge is 0.311 e. The van der Waals surface area contributed by atoms with Crippen LogP contribution in [0.3, 0.4) is 0 Å². The molecule has 0 unspecified atom stereocenters. The second-order valence-corrected chi connectivity index (χ2v) is 6.00. The van der Waals surface area contributed by atoms with Gasteiger partial charge in [-0.25, -0.2) is 4.39 Å². The second kappa shape index (κ2) is 8.91. The third-order valence-corrected chi connectivity index (χ3v) is 3.88. The molecule has 2 aromatic rings. The van der Waals surface area contributed by atoms with Crippen LogP contribution in [0.5, 0.6) is 5.75 Å². The molecule has 0 spiro atoms. The molecule has 0 bridgehead atoms. The van der Waals surface area contributed by atoms with Crippen LogP contribution in [-0.2, 0) is 4.79 Å². The van der Waals surface area contributed by atoms with Gasteiger partial charge in [0.05, 0.1) is 25.6 Å². The molecule has 0 aliphatic rings. The summed E-state index contributed by atoms with van der Waals surface area (Å²) in [4.78, 5) is 23.4. The monoisotopic (exact) mass is 362 g/mol. The van der Waals surface area contributed by atoms with Crippen LogP contribution in [0.2, 0.25) is 0 Å². The van der Waals surface area contributed by atoms with Crippen molar-refractivity contribution in [2.24, 2.45) is 0 Å². The van der Waals surface area contributed by atoms with Gasteiger partial charge in [0.1, 0.15) is 11.9 Å². The molecule has 2 rings (SSSR count). The molecule has 138 valence electrons. The van der Waals surface area contributed by atoms with E-state index in [1.165, 1.54) is 0 Å². The topological polar surface area (TPSA) is 85.9 Å². The van der Waals surface area contributed by atoms with Crippen molar-refractivity contribution in [1.82, 2.24) is 5.32 Å². The van der Waals surface area contributed by atoms with Crippen LogP contribution < -0.4 is 15.0 Å².